The molecular formula is C17H20FN3O3S2. The number of fused-ring (bicyclic) bond motifs is 1. The molecule has 0 saturated heterocycles. The molecule has 0 atom stereocenters. The predicted octanol–water partition coefficient (Wildman–Crippen LogP) is 1.88. The van der Waals surface area contributed by atoms with Crippen LogP contribution < -0.4 is 15.4 Å². The molecule has 0 fully saturated rings. The Morgan fingerprint density at radius 3 is 2.88 bits per heavy atom. The third-order valence-corrected chi connectivity index (χ3v) is 5.95. The van der Waals surface area contributed by atoms with Crippen LogP contribution in [0.5, 0.6) is 0 Å². The Morgan fingerprint density at radius 2 is 2.12 bits per heavy atom. The zero-order valence-corrected chi connectivity index (χ0v) is 15.9. The van der Waals surface area contributed by atoms with Gasteiger partial charge in [-0.15, -0.1) is 11.3 Å². The van der Waals surface area contributed by atoms with Gasteiger partial charge in [0, 0.05) is 18.0 Å². The molecule has 1 aliphatic heterocycles. The molecule has 0 unspecified atom stereocenters. The number of amides is 1. The summed E-state index contributed by atoms with van der Waals surface area (Å²) in [5, 5.41) is 5.82. The van der Waals surface area contributed by atoms with Crippen LogP contribution >= 0.6 is 11.3 Å². The summed E-state index contributed by atoms with van der Waals surface area (Å²) in [6.45, 7) is 1.63. The molecule has 2 heterocycles. The van der Waals surface area contributed by atoms with Crippen molar-refractivity contribution in [1.29, 1.82) is 0 Å². The van der Waals surface area contributed by atoms with Gasteiger partial charge >= 0.3 is 0 Å². The number of hydrogen-bond donors (Lipinski definition) is 3. The standard InChI is InChI=1S/C17H20FN3O3S2/c1-26(23,24)20-9-6-12-3-5-15(25-12)17(22)21-14-4-2-11-10-19-8-7-13(11)16(14)18/h2-5,19-20H,6-10H2,1H3,(H,21,22). The van der Waals surface area contributed by atoms with E-state index < -0.39 is 10.0 Å². The smallest absolute Gasteiger partial charge is 0.265 e. The molecule has 0 spiro atoms. The highest BCUT2D eigenvalue weighted by atomic mass is 32.2. The molecule has 0 aliphatic carbocycles. The van der Waals surface area contributed by atoms with Gasteiger partial charge < -0.3 is 10.6 Å². The number of rotatable bonds is 6. The van der Waals surface area contributed by atoms with Gasteiger partial charge in [-0.2, -0.15) is 0 Å². The van der Waals surface area contributed by atoms with Crippen molar-refractivity contribution in [1.82, 2.24) is 10.0 Å². The van der Waals surface area contributed by atoms with Crippen molar-refractivity contribution in [3.05, 3.63) is 51.0 Å². The Kier molecular flexibility index (Phi) is 5.71. The highest BCUT2D eigenvalue weighted by Crippen LogP contribution is 2.26. The highest BCUT2D eigenvalue weighted by Gasteiger charge is 2.18. The molecule has 1 aromatic carbocycles. The van der Waals surface area contributed by atoms with Crippen LogP contribution in [0, 0.1) is 5.82 Å². The Bertz CT molecular complexity index is 925. The van der Waals surface area contributed by atoms with Crippen LogP contribution in [0.3, 0.4) is 0 Å². The number of anilines is 1. The Labute approximate surface area is 155 Å². The summed E-state index contributed by atoms with van der Waals surface area (Å²) in [5.74, 6) is -0.739. The molecule has 140 valence electrons. The SMILES string of the molecule is CS(=O)(=O)NCCc1ccc(C(=O)Nc2ccc3c(c2F)CCNC3)s1. The van der Waals surface area contributed by atoms with Gasteiger partial charge in [-0.1, -0.05) is 6.07 Å². The zero-order valence-electron chi connectivity index (χ0n) is 14.3. The lowest BCUT2D eigenvalue weighted by Crippen LogP contribution is -2.25. The van der Waals surface area contributed by atoms with Gasteiger partial charge in [-0.05, 0) is 48.7 Å². The third-order valence-electron chi connectivity index (χ3n) is 4.08. The summed E-state index contributed by atoms with van der Waals surface area (Å²) >= 11 is 1.27. The zero-order chi connectivity index (χ0) is 18.7. The Morgan fingerprint density at radius 1 is 1.31 bits per heavy atom. The number of benzene rings is 1. The van der Waals surface area contributed by atoms with E-state index in [4.69, 9.17) is 0 Å². The highest BCUT2D eigenvalue weighted by molar-refractivity contribution is 7.88. The van der Waals surface area contributed by atoms with E-state index in [-0.39, 0.29) is 24.0 Å². The second kappa shape index (κ2) is 7.83. The molecule has 1 aliphatic rings. The average molecular weight is 397 g/mol. The van der Waals surface area contributed by atoms with E-state index in [0.29, 0.717) is 29.8 Å². The topological polar surface area (TPSA) is 87.3 Å². The van der Waals surface area contributed by atoms with Gasteiger partial charge in [0.2, 0.25) is 10.0 Å². The average Bonchev–Trinajstić information content (AvgIpc) is 3.05. The Balaban J connectivity index is 1.65. The van der Waals surface area contributed by atoms with Crippen LogP contribution in [-0.2, 0) is 29.4 Å². The van der Waals surface area contributed by atoms with Crippen LogP contribution in [-0.4, -0.2) is 33.7 Å². The number of nitrogens with one attached hydrogen (secondary N) is 3. The van der Waals surface area contributed by atoms with Crippen molar-refractivity contribution >= 4 is 33.0 Å². The number of thiophene rings is 1. The fourth-order valence-corrected chi connectivity index (χ4v) is 4.18. The lowest BCUT2D eigenvalue weighted by Gasteiger charge is -2.19. The van der Waals surface area contributed by atoms with E-state index in [1.165, 1.54) is 11.3 Å². The maximum atomic E-state index is 14.6. The number of carbonyl (C=O) groups excluding carboxylic acids is 1. The second-order valence-electron chi connectivity index (χ2n) is 6.13. The predicted molar refractivity (Wildman–Crippen MR) is 101 cm³/mol. The van der Waals surface area contributed by atoms with Crippen molar-refractivity contribution in [2.24, 2.45) is 0 Å². The minimum atomic E-state index is -3.23. The normalized spacial score (nSPS) is 14.1. The second-order valence-corrected chi connectivity index (χ2v) is 9.13. The maximum absolute atomic E-state index is 14.6. The van der Waals surface area contributed by atoms with Gasteiger partial charge in [-0.3, -0.25) is 4.79 Å². The summed E-state index contributed by atoms with van der Waals surface area (Å²) in [6.07, 6.45) is 2.19. The third kappa shape index (κ3) is 4.67. The summed E-state index contributed by atoms with van der Waals surface area (Å²) < 4.78 is 39.1. The van der Waals surface area contributed by atoms with Gasteiger partial charge in [0.15, 0.2) is 0 Å². The van der Waals surface area contributed by atoms with E-state index in [9.17, 15) is 17.6 Å². The minimum absolute atomic E-state index is 0.185. The fourth-order valence-electron chi connectivity index (χ4n) is 2.81. The summed E-state index contributed by atoms with van der Waals surface area (Å²) in [6, 6.07) is 6.86. The quantitative estimate of drug-likeness (QED) is 0.695. The molecular weight excluding hydrogens is 377 g/mol. The van der Waals surface area contributed by atoms with Gasteiger partial charge in [0.05, 0.1) is 16.8 Å². The molecule has 2 aromatic rings. The first kappa shape index (κ1) is 19.0. The van der Waals surface area contributed by atoms with Crippen LogP contribution in [0.1, 0.15) is 25.7 Å². The number of hydrogen-bond acceptors (Lipinski definition) is 5. The first-order valence-electron chi connectivity index (χ1n) is 8.19. The van der Waals surface area contributed by atoms with Crippen LogP contribution in [0.4, 0.5) is 10.1 Å². The number of halogens is 1. The molecule has 1 aromatic heterocycles. The minimum Gasteiger partial charge on any atom is -0.319 e. The molecule has 0 bridgehead atoms. The van der Waals surface area contributed by atoms with E-state index in [0.717, 1.165) is 23.2 Å². The molecule has 9 heteroatoms. The summed E-state index contributed by atoms with van der Waals surface area (Å²) in [5.41, 5.74) is 1.76. The van der Waals surface area contributed by atoms with Gasteiger partial charge in [0.1, 0.15) is 5.82 Å². The Hall–Kier alpha value is -1.81. The maximum Gasteiger partial charge on any atom is 0.265 e. The lowest BCUT2D eigenvalue weighted by molar-refractivity contribution is 0.103. The van der Waals surface area contributed by atoms with Crippen LogP contribution in [0.25, 0.3) is 0 Å². The lowest BCUT2D eigenvalue weighted by atomic mass is 9.99. The van der Waals surface area contributed by atoms with Crippen molar-refractivity contribution in [2.45, 2.75) is 19.4 Å². The first-order chi connectivity index (χ1) is 12.3. The molecule has 1 amide bonds. The fraction of sp³-hybridized carbons (Fsp3) is 0.353. The summed E-state index contributed by atoms with van der Waals surface area (Å²) in [7, 11) is -3.23. The number of carbonyl (C=O) groups is 1. The van der Waals surface area contributed by atoms with E-state index in [1.54, 1.807) is 18.2 Å². The molecule has 0 radical (unpaired) electrons. The molecule has 0 saturated carbocycles. The molecule has 26 heavy (non-hydrogen) atoms. The van der Waals surface area contributed by atoms with Crippen molar-refractivity contribution in [3.63, 3.8) is 0 Å². The largest absolute Gasteiger partial charge is 0.319 e. The van der Waals surface area contributed by atoms with E-state index in [2.05, 4.69) is 15.4 Å². The van der Waals surface area contributed by atoms with Crippen molar-refractivity contribution < 1.29 is 17.6 Å². The molecule has 6 nitrogen and oxygen atoms in total. The van der Waals surface area contributed by atoms with E-state index >= 15 is 0 Å². The summed E-state index contributed by atoms with van der Waals surface area (Å²) in [4.78, 5) is 13.7. The van der Waals surface area contributed by atoms with Gasteiger partial charge in [0.25, 0.3) is 5.91 Å². The van der Waals surface area contributed by atoms with Crippen molar-refractivity contribution in [2.75, 3.05) is 24.7 Å². The van der Waals surface area contributed by atoms with Crippen molar-refractivity contribution in [3.8, 4) is 0 Å². The van der Waals surface area contributed by atoms with Gasteiger partial charge in [-0.25, -0.2) is 17.5 Å². The first-order valence-corrected chi connectivity index (χ1v) is 10.9. The monoisotopic (exact) mass is 397 g/mol. The van der Waals surface area contributed by atoms with Crippen LogP contribution in [0.15, 0.2) is 24.3 Å². The molecule has 3 rings (SSSR count). The van der Waals surface area contributed by atoms with E-state index in [1.807, 2.05) is 6.07 Å². The van der Waals surface area contributed by atoms with Crippen LogP contribution in [0.2, 0.25) is 0 Å². The number of sulfonamides is 1. The molecule has 3 N–H and O–H groups in total.